The van der Waals surface area contributed by atoms with Gasteiger partial charge in [-0.1, -0.05) is 44.2 Å². The molecule has 13 heteroatoms. The molecular weight excluding hydrogens is 702 g/mol. The highest BCUT2D eigenvalue weighted by molar-refractivity contribution is 6.24. The molecule has 4 heterocycles. The number of unbranched alkanes of at least 4 members (excludes halogenated alkanes) is 6. The van der Waals surface area contributed by atoms with Crippen LogP contribution in [0.15, 0.2) is 47.4 Å². The summed E-state index contributed by atoms with van der Waals surface area (Å²) in [4.78, 5) is 78.6. The first-order chi connectivity index (χ1) is 26.5. The van der Waals surface area contributed by atoms with Crippen LogP contribution in [-0.4, -0.2) is 83.8 Å². The third-order valence-corrected chi connectivity index (χ3v) is 11.0. The fraction of sp³-hybridized carbons (Fsp3) is 0.476. The number of carbonyl (C=O) groups is 5. The second-order valence-electron chi connectivity index (χ2n) is 14.9. The van der Waals surface area contributed by atoms with Gasteiger partial charge in [-0.05, 0) is 73.6 Å². The molecule has 0 bridgehead atoms. The summed E-state index contributed by atoms with van der Waals surface area (Å²) < 4.78 is 13.1. The summed E-state index contributed by atoms with van der Waals surface area (Å²) in [5.41, 5.74) is 4.87. The molecular formula is C42H51N5O8. The number of piperidine rings is 1. The van der Waals surface area contributed by atoms with E-state index >= 15 is 0 Å². The highest BCUT2D eigenvalue weighted by atomic mass is 16.5. The Balaban J connectivity index is 0.862. The molecule has 6 rings (SSSR count). The molecule has 13 nitrogen and oxygen atoms in total. The zero-order chi connectivity index (χ0) is 39.2. The lowest BCUT2D eigenvalue weighted by atomic mass is 9.96. The molecule has 0 saturated carbocycles. The molecule has 0 radical (unpaired) electrons. The summed E-state index contributed by atoms with van der Waals surface area (Å²) in [6.07, 6.45) is 9.76. The van der Waals surface area contributed by atoms with Crippen molar-refractivity contribution in [1.82, 2.24) is 25.0 Å². The minimum atomic E-state index is -0.961. The Morgan fingerprint density at radius 3 is 2.20 bits per heavy atom. The number of hydrogen-bond donors (Lipinski definition) is 2. The maximum absolute atomic E-state index is 13.3. The number of fused-ring (bicyclic) bond motifs is 1. The minimum Gasteiger partial charge on any atom is -0.496 e. The number of likely N-dealkylation sites (tertiary alicyclic amines) is 1. The number of rotatable bonds is 17. The Morgan fingerprint density at radius 1 is 0.873 bits per heavy atom. The highest BCUT2D eigenvalue weighted by Gasteiger charge is 2.45. The van der Waals surface area contributed by atoms with Crippen molar-refractivity contribution >= 4 is 29.5 Å². The third kappa shape index (κ3) is 8.67. The number of hydrogen-bond acceptors (Lipinski definition) is 9. The lowest BCUT2D eigenvalue weighted by Crippen LogP contribution is -2.54. The van der Waals surface area contributed by atoms with Gasteiger partial charge in [-0.3, -0.25) is 43.9 Å². The Bertz CT molecular complexity index is 1980. The third-order valence-electron chi connectivity index (χ3n) is 11.0. The first kappa shape index (κ1) is 39.4. The standard InChI is InChI=1S/C42H51N5O8/c1-26-19-29(22-45(2)40(26)51)28-20-34(54-3)32(35(21-28)55-4)25-46-23-30(24-46)38(49)43-18-11-9-7-5-6-8-10-13-27-14-12-15-31-37(27)42(53)47(41(31)52)33-16-17-36(48)44-39(33)50/h12,14-15,19-22,30,33H,5-11,13,16-18,23-25H2,1-4H3,(H,43,49)(H,44,48,50). The van der Waals surface area contributed by atoms with Crippen molar-refractivity contribution in [3.8, 4) is 22.6 Å². The van der Waals surface area contributed by atoms with Gasteiger partial charge in [-0.15, -0.1) is 0 Å². The molecule has 2 saturated heterocycles. The Labute approximate surface area is 321 Å². The number of ether oxygens (including phenoxy) is 2. The van der Waals surface area contributed by atoms with Crippen LogP contribution in [-0.2, 0) is 34.4 Å². The smallest absolute Gasteiger partial charge is 0.262 e. The lowest BCUT2D eigenvalue weighted by molar-refractivity contribution is -0.136. The molecule has 2 N–H and O–H groups in total. The van der Waals surface area contributed by atoms with Crippen molar-refractivity contribution in [3.63, 3.8) is 0 Å². The molecule has 5 amide bonds. The zero-order valence-electron chi connectivity index (χ0n) is 32.2. The van der Waals surface area contributed by atoms with Crippen LogP contribution in [0, 0.1) is 12.8 Å². The van der Waals surface area contributed by atoms with E-state index in [9.17, 15) is 28.8 Å². The SMILES string of the molecule is COc1cc(-c2cc(C)c(=O)n(C)c2)cc(OC)c1CN1CC(C(=O)NCCCCCCCCCc2cccc3c2C(=O)N(C2CCC(=O)NC2=O)C3=O)C1. The molecule has 1 atom stereocenters. The minimum absolute atomic E-state index is 0.0328. The lowest BCUT2D eigenvalue weighted by Gasteiger charge is -2.38. The maximum Gasteiger partial charge on any atom is 0.262 e. The van der Waals surface area contributed by atoms with Crippen molar-refractivity contribution in [2.24, 2.45) is 13.0 Å². The quantitative estimate of drug-likeness (QED) is 0.152. The number of nitrogens with one attached hydrogen (secondary N) is 2. The van der Waals surface area contributed by atoms with E-state index in [1.165, 1.54) is 0 Å². The molecule has 3 aromatic rings. The average Bonchev–Trinajstić information content (AvgIpc) is 3.41. The zero-order valence-corrected chi connectivity index (χ0v) is 32.2. The van der Waals surface area contributed by atoms with E-state index in [0.29, 0.717) is 60.8 Å². The molecule has 2 aromatic carbocycles. The second kappa shape index (κ2) is 17.4. The molecule has 292 valence electrons. The summed E-state index contributed by atoms with van der Waals surface area (Å²) in [6.45, 7) is 4.38. The van der Waals surface area contributed by atoms with Crippen LogP contribution in [0.5, 0.6) is 11.5 Å². The van der Waals surface area contributed by atoms with Gasteiger partial charge in [-0.25, -0.2) is 0 Å². The van der Waals surface area contributed by atoms with E-state index < -0.39 is 29.7 Å². The van der Waals surface area contributed by atoms with Crippen molar-refractivity contribution < 1.29 is 33.4 Å². The first-order valence-electron chi connectivity index (χ1n) is 19.3. The molecule has 1 unspecified atom stereocenters. The molecule has 2 fully saturated rings. The fourth-order valence-corrected chi connectivity index (χ4v) is 7.90. The van der Waals surface area contributed by atoms with E-state index in [-0.39, 0.29) is 30.2 Å². The number of nitrogens with zero attached hydrogens (tertiary/aromatic N) is 3. The second-order valence-corrected chi connectivity index (χ2v) is 14.9. The number of carbonyl (C=O) groups excluding carboxylic acids is 5. The van der Waals surface area contributed by atoms with Crippen LogP contribution in [0.1, 0.15) is 95.2 Å². The number of amides is 5. The number of benzene rings is 2. The van der Waals surface area contributed by atoms with E-state index in [4.69, 9.17) is 9.47 Å². The van der Waals surface area contributed by atoms with Gasteiger partial charge < -0.3 is 19.4 Å². The molecule has 55 heavy (non-hydrogen) atoms. The summed E-state index contributed by atoms with van der Waals surface area (Å²) in [6, 6.07) is 10.1. The van der Waals surface area contributed by atoms with Crippen LogP contribution in [0.2, 0.25) is 0 Å². The number of aryl methyl sites for hydroxylation is 3. The average molecular weight is 754 g/mol. The van der Waals surface area contributed by atoms with Gasteiger partial charge in [0.1, 0.15) is 17.5 Å². The van der Waals surface area contributed by atoms with Crippen LogP contribution >= 0.6 is 0 Å². The summed E-state index contributed by atoms with van der Waals surface area (Å²) in [5, 5.41) is 5.34. The molecule has 1 aromatic heterocycles. The van der Waals surface area contributed by atoms with Crippen molar-refractivity contribution in [1.29, 1.82) is 0 Å². The van der Waals surface area contributed by atoms with Crippen molar-refractivity contribution in [2.45, 2.75) is 83.7 Å². The maximum atomic E-state index is 13.3. The van der Waals surface area contributed by atoms with E-state index in [1.807, 2.05) is 30.5 Å². The summed E-state index contributed by atoms with van der Waals surface area (Å²) in [7, 11) is 5.00. The van der Waals surface area contributed by atoms with Gasteiger partial charge in [-0.2, -0.15) is 0 Å². The van der Waals surface area contributed by atoms with Gasteiger partial charge >= 0.3 is 0 Å². The van der Waals surface area contributed by atoms with Gasteiger partial charge in [0.15, 0.2) is 0 Å². The predicted molar refractivity (Wildman–Crippen MR) is 206 cm³/mol. The van der Waals surface area contributed by atoms with E-state index in [1.54, 1.807) is 44.9 Å². The van der Waals surface area contributed by atoms with Gasteiger partial charge in [0.2, 0.25) is 17.7 Å². The fourth-order valence-electron chi connectivity index (χ4n) is 7.90. The molecule has 3 aliphatic rings. The summed E-state index contributed by atoms with van der Waals surface area (Å²) in [5.74, 6) is -0.492. The Hall–Kier alpha value is -5.30. The van der Waals surface area contributed by atoms with Crippen LogP contribution in [0.3, 0.4) is 0 Å². The Kier molecular flexibility index (Phi) is 12.5. The number of imide groups is 2. The molecule has 0 spiro atoms. The van der Waals surface area contributed by atoms with Crippen LogP contribution in [0.25, 0.3) is 11.1 Å². The first-order valence-corrected chi connectivity index (χ1v) is 19.3. The largest absolute Gasteiger partial charge is 0.496 e. The Morgan fingerprint density at radius 2 is 1.55 bits per heavy atom. The highest BCUT2D eigenvalue weighted by Crippen LogP contribution is 2.37. The van der Waals surface area contributed by atoms with Gasteiger partial charge in [0.25, 0.3) is 17.4 Å². The van der Waals surface area contributed by atoms with Crippen molar-refractivity contribution in [2.75, 3.05) is 33.9 Å². The van der Waals surface area contributed by atoms with Crippen molar-refractivity contribution in [3.05, 3.63) is 80.8 Å². The van der Waals surface area contributed by atoms with Crippen LogP contribution in [0.4, 0.5) is 0 Å². The summed E-state index contributed by atoms with van der Waals surface area (Å²) >= 11 is 0. The number of pyridine rings is 1. The number of methoxy groups -OCH3 is 2. The van der Waals surface area contributed by atoms with Gasteiger partial charge in [0, 0.05) is 51.4 Å². The van der Waals surface area contributed by atoms with Crippen LogP contribution < -0.4 is 25.7 Å². The predicted octanol–water partition coefficient (Wildman–Crippen LogP) is 4.30. The normalized spacial score (nSPS) is 17.2. The number of aromatic nitrogens is 1. The van der Waals surface area contributed by atoms with E-state index in [2.05, 4.69) is 15.5 Å². The van der Waals surface area contributed by atoms with Gasteiger partial charge in [0.05, 0.1) is 36.8 Å². The topological polar surface area (TPSA) is 156 Å². The van der Waals surface area contributed by atoms with E-state index in [0.717, 1.165) is 72.1 Å². The molecule has 0 aliphatic carbocycles. The monoisotopic (exact) mass is 753 g/mol. The molecule has 3 aliphatic heterocycles.